The van der Waals surface area contributed by atoms with Crippen LogP contribution in [0.25, 0.3) is 44.8 Å². The molecule has 2 aliphatic rings. The number of nitrogens with one attached hydrogen (secondary N) is 4. The molecule has 6 aromatic rings. The van der Waals surface area contributed by atoms with Gasteiger partial charge in [0.25, 0.3) is 0 Å². The number of aliphatic hydroxyl groups excluding tert-OH is 2. The molecule has 248 valence electrons. The van der Waals surface area contributed by atoms with E-state index in [9.17, 15) is 19.0 Å². The number of hydrogen-bond acceptors (Lipinski definition) is 10. The minimum Gasteiger partial charge on any atom is -0.393 e. The summed E-state index contributed by atoms with van der Waals surface area (Å²) in [5.74, 6) is 0.158. The van der Waals surface area contributed by atoms with Crippen molar-refractivity contribution in [2.75, 3.05) is 10.6 Å². The highest BCUT2D eigenvalue weighted by molar-refractivity contribution is 5.92. The zero-order chi connectivity index (χ0) is 33.0. The van der Waals surface area contributed by atoms with Gasteiger partial charge in [-0.15, -0.1) is 0 Å². The summed E-state index contributed by atoms with van der Waals surface area (Å²) in [7, 11) is 0. The fraction of sp³-hybridized carbons (Fsp3) is 0.353. The SMILES string of the molecule is OC1CCCC(Nc2nc(-c3c[nH]c4ncccc34)ncc2F)C1.OC1CCCCC1Nc1nc(-c2c[nH]c3ncccc23)ncc1F. The van der Waals surface area contributed by atoms with Crippen molar-refractivity contribution in [3.8, 4) is 22.8 Å². The van der Waals surface area contributed by atoms with Gasteiger partial charge in [0.15, 0.2) is 34.9 Å². The normalized spacial score (nSPS) is 21.1. The van der Waals surface area contributed by atoms with Crippen LogP contribution in [0.1, 0.15) is 51.4 Å². The van der Waals surface area contributed by atoms with Crippen molar-refractivity contribution in [2.45, 2.75) is 75.7 Å². The van der Waals surface area contributed by atoms with Crippen LogP contribution in [0.2, 0.25) is 0 Å². The van der Waals surface area contributed by atoms with Gasteiger partial charge in [-0.1, -0.05) is 12.8 Å². The van der Waals surface area contributed by atoms with Crippen molar-refractivity contribution >= 4 is 33.7 Å². The van der Waals surface area contributed by atoms with E-state index in [4.69, 9.17) is 0 Å². The highest BCUT2D eigenvalue weighted by Crippen LogP contribution is 2.29. The van der Waals surface area contributed by atoms with Gasteiger partial charge in [-0.25, -0.2) is 38.7 Å². The van der Waals surface area contributed by atoms with Crippen molar-refractivity contribution in [1.82, 2.24) is 39.9 Å². The number of hydrogen-bond donors (Lipinski definition) is 6. The Labute approximate surface area is 274 Å². The molecule has 4 unspecified atom stereocenters. The quantitative estimate of drug-likeness (QED) is 0.130. The van der Waals surface area contributed by atoms with E-state index in [-0.39, 0.29) is 29.8 Å². The Morgan fingerprint density at radius 1 is 0.688 bits per heavy atom. The number of anilines is 2. The van der Waals surface area contributed by atoms with Crippen LogP contribution in [0, 0.1) is 11.6 Å². The summed E-state index contributed by atoms with van der Waals surface area (Å²) in [6, 6.07) is 7.35. The minimum atomic E-state index is -0.519. The molecule has 4 atom stereocenters. The number of nitrogens with zero attached hydrogens (tertiary/aromatic N) is 6. The van der Waals surface area contributed by atoms with Gasteiger partial charge in [-0.3, -0.25) is 0 Å². The lowest BCUT2D eigenvalue weighted by atomic mass is 9.92. The molecule has 0 bridgehead atoms. The highest BCUT2D eigenvalue weighted by atomic mass is 19.1. The minimum absolute atomic E-state index is 0.0237. The molecular weight excluding hydrogens is 618 g/mol. The number of pyridine rings is 2. The van der Waals surface area contributed by atoms with Crippen molar-refractivity contribution in [1.29, 1.82) is 0 Å². The number of fused-ring (bicyclic) bond motifs is 2. The predicted molar refractivity (Wildman–Crippen MR) is 178 cm³/mol. The zero-order valence-corrected chi connectivity index (χ0v) is 26.1. The van der Waals surface area contributed by atoms with Crippen LogP contribution < -0.4 is 10.6 Å². The van der Waals surface area contributed by atoms with Crippen LogP contribution in [0.3, 0.4) is 0 Å². The Morgan fingerprint density at radius 3 is 1.85 bits per heavy atom. The van der Waals surface area contributed by atoms with Crippen molar-refractivity contribution < 1.29 is 19.0 Å². The molecule has 6 N–H and O–H groups in total. The van der Waals surface area contributed by atoms with Crippen LogP contribution in [0.4, 0.5) is 20.4 Å². The average molecular weight is 655 g/mol. The zero-order valence-electron chi connectivity index (χ0n) is 26.1. The monoisotopic (exact) mass is 654 g/mol. The van der Waals surface area contributed by atoms with E-state index < -0.39 is 17.7 Å². The van der Waals surface area contributed by atoms with E-state index >= 15 is 0 Å². The summed E-state index contributed by atoms with van der Waals surface area (Å²) >= 11 is 0. The number of aliphatic hydroxyl groups is 2. The second kappa shape index (κ2) is 14.0. The topological polar surface area (TPSA) is 173 Å². The van der Waals surface area contributed by atoms with Crippen LogP contribution in [0.5, 0.6) is 0 Å². The summed E-state index contributed by atoms with van der Waals surface area (Å²) in [6.07, 6.45) is 15.3. The second-order valence-corrected chi connectivity index (χ2v) is 12.2. The van der Waals surface area contributed by atoms with Crippen LogP contribution in [0.15, 0.2) is 61.4 Å². The van der Waals surface area contributed by atoms with E-state index in [0.717, 1.165) is 84.3 Å². The first kappa shape index (κ1) is 31.5. The van der Waals surface area contributed by atoms with E-state index in [1.165, 1.54) is 6.20 Å². The van der Waals surface area contributed by atoms with Crippen molar-refractivity contribution in [3.05, 3.63) is 73.1 Å². The Morgan fingerprint density at radius 2 is 1.27 bits per heavy atom. The Kier molecular flexibility index (Phi) is 9.16. The maximum atomic E-state index is 14.1. The number of halogens is 2. The first-order chi connectivity index (χ1) is 23.4. The van der Waals surface area contributed by atoms with E-state index in [1.54, 1.807) is 24.8 Å². The van der Waals surface area contributed by atoms with E-state index in [2.05, 4.69) is 50.5 Å². The number of aromatic nitrogens is 8. The molecule has 0 amide bonds. The summed E-state index contributed by atoms with van der Waals surface area (Å²) in [4.78, 5) is 31.5. The molecule has 6 aromatic heterocycles. The van der Waals surface area contributed by atoms with Crippen LogP contribution in [-0.4, -0.2) is 74.4 Å². The third-order valence-corrected chi connectivity index (χ3v) is 8.91. The molecule has 0 aliphatic heterocycles. The van der Waals surface area contributed by atoms with Gasteiger partial charge in [0, 0.05) is 52.7 Å². The summed E-state index contributed by atoms with van der Waals surface area (Å²) in [6.45, 7) is 0. The molecule has 0 saturated heterocycles. The molecule has 2 fully saturated rings. The Hall–Kier alpha value is -5.08. The molecular formula is C34H36F2N10O2. The Bertz CT molecular complexity index is 2020. The molecule has 2 saturated carbocycles. The lowest BCUT2D eigenvalue weighted by Gasteiger charge is -2.28. The lowest BCUT2D eigenvalue weighted by molar-refractivity contribution is 0.116. The molecule has 6 heterocycles. The second-order valence-electron chi connectivity index (χ2n) is 12.2. The molecule has 48 heavy (non-hydrogen) atoms. The maximum Gasteiger partial charge on any atom is 0.183 e. The molecule has 12 nitrogen and oxygen atoms in total. The van der Waals surface area contributed by atoms with Gasteiger partial charge in [-0.05, 0) is 62.8 Å². The fourth-order valence-corrected chi connectivity index (χ4v) is 6.42. The van der Waals surface area contributed by atoms with Crippen LogP contribution in [-0.2, 0) is 0 Å². The molecule has 14 heteroatoms. The predicted octanol–water partition coefficient (Wildman–Crippen LogP) is 5.75. The van der Waals surface area contributed by atoms with Crippen molar-refractivity contribution in [2.24, 2.45) is 0 Å². The number of rotatable bonds is 6. The van der Waals surface area contributed by atoms with Gasteiger partial charge in [0.2, 0.25) is 0 Å². The van der Waals surface area contributed by atoms with Gasteiger partial charge in [-0.2, -0.15) is 0 Å². The number of H-pyrrole nitrogens is 2. The third kappa shape index (κ3) is 6.80. The summed E-state index contributed by atoms with van der Waals surface area (Å²) < 4.78 is 28.2. The molecule has 2 aliphatic carbocycles. The summed E-state index contributed by atoms with van der Waals surface area (Å²) in [5.41, 5.74) is 3.03. The largest absolute Gasteiger partial charge is 0.393 e. The van der Waals surface area contributed by atoms with E-state index in [1.807, 2.05) is 24.3 Å². The Balaban J connectivity index is 0.000000152. The molecule has 0 radical (unpaired) electrons. The first-order valence-corrected chi connectivity index (χ1v) is 16.2. The fourth-order valence-electron chi connectivity index (χ4n) is 6.42. The standard InChI is InChI=1S/2C17H18FN5O/c18-14-9-21-16(13-8-20-15-12(13)5-2-6-19-15)23-17(14)22-10-3-1-4-11(24)7-10;18-12-9-21-16(11-8-20-15-10(11)4-3-7-19-15)23-17(12)22-13-5-1-2-6-14(13)24/h2,5-6,8-11,24H,1,3-4,7H2,(H,19,20)(H,21,22,23);3-4,7-9,13-14,24H,1-2,5-6H2,(H,19,20)(H,21,22,23). The maximum absolute atomic E-state index is 14.1. The van der Waals surface area contributed by atoms with Crippen LogP contribution >= 0.6 is 0 Å². The van der Waals surface area contributed by atoms with Gasteiger partial charge < -0.3 is 30.8 Å². The molecule has 0 spiro atoms. The first-order valence-electron chi connectivity index (χ1n) is 16.2. The third-order valence-electron chi connectivity index (χ3n) is 8.91. The van der Waals surface area contributed by atoms with Gasteiger partial charge in [0.1, 0.15) is 11.3 Å². The summed E-state index contributed by atoms with van der Waals surface area (Å²) in [5, 5.41) is 27.8. The van der Waals surface area contributed by atoms with Crippen molar-refractivity contribution in [3.63, 3.8) is 0 Å². The average Bonchev–Trinajstić information content (AvgIpc) is 3.73. The highest BCUT2D eigenvalue weighted by Gasteiger charge is 2.25. The van der Waals surface area contributed by atoms with Gasteiger partial charge in [0.05, 0.1) is 30.6 Å². The lowest BCUT2D eigenvalue weighted by Crippen LogP contribution is -2.36. The number of aromatic amines is 2. The molecule has 0 aromatic carbocycles. The molecule has 8 rings (SSSR count). The van der Waals surface area contributed by atoms with E-state index in [0.29, 0.717) is 18.1 Å². The van der Waals surface area contributed by atoms with Gasteiger partial charge >= 0.3 is 0 Å². The smallest absolute Gasteiger partial charge is 0.183 e.